The van der Waals surface area contributed by atoms with E-state index >= 15 is 0 Å². The molecule has 0 radical (unpaired) electrons. The fourth-order valence-electron chi connectivity index (χ4n) is 1.80. The molecule has 0 aliphatic rings. The van der Waals surface area contributed by atoms with Crippen LogP contribution in [-0.2, 0) is 29.5 Å². The maximum atomic E-state index is 11.5. The van der Waals surface area contributed by atoms with Crippen molar-refractivity contribution in [1.29, 1.82) is 0 Å². The zero-order valence-corrected chi connectivity index (χ0v) is 13.1. The molecule has 0 fully saturated rings. The zero-order chi connectivity index (χ0) is 15.0. The molecule has 7 heteroatoms. The van der Waals surface area contributed by atoms with Crippen LogP contribution in [0.15, 0.2) is 0 Å². The molecule has 0 bridgehead atoms. The van der Waals surface area contributed by atoms with Crippen LogP contribution < -0.4 is 10.6 Å². The normalized spacial score (nSPS) is 10.8. The minimum absolute atomic E-state index is 0.0138. The quantitative estimate of drug-likeness (QED) is 0.665. The van der Waals surface area contributed by atoms with Gasteiger partial charge in [0.05, 0.1) is 23.0 Å². The van der Waals surface area contributed by atoms with Gasteiger partial charge in [0.1, 0.15) is 0 Å². The number of methoxy groups -OCH3 is 1. The molecule has 0 saturated carbocycles. The highest BCUT2D eigenvalue weighted by Gasteiger charge is 2.12. The van der Waals surface area contributed by atoms with Crippen LogP contribution in [0.4, 0.5) is 0 Å². The summed E-state index contributed by atoms with van der Waals surface area (Å²) in [6.07, 6.45) is 1.24. The molecule has 1 aromatic rings. The molecule has 0 saturated heterocycles. The molecule has 0 unspecified atom stereocenters. The second-order valence-electron chi connectivity index (χ2n) is 4.45. The molecule has 0 aliphatic carbocycles. The molecular weight excluding hydrogens is 280 g/mol. The third-order valence-electron chi connectivity index (χ3n) is 2.95. The van der Waals surface area contributed by atoms with E-state index in [1.807, 2.05) is 14.0 Å². The average Bonchev–Trinajstić information content (AvgIpc) is 2.70. The Kier molecular flexibility index (Phi) is 7.58. The Balaban J connectivity index is 2.27. The van der Waals surface area contributed by atoms with E-state index in [0.717, 1.165) is 17.8 Å². The van der Waals surface area contributed by atoms with E-state index in [4.69, 9.17) is 16.3 Å². The summed E-state index contributed by atoms with van der Waals surface area (Å²) in [5.74, 6) is 0.0138. The summed E-state index contributed by atoms with van der Waals surface area (Å²) in [6, 6.07) is 0. The molecule has 20 heavy (non-hydrogen) atoms. The number of rotatable bonds is 9. The van der Waals surface area contributed by atoms with E-state index in [9.17, 15) is 4.79 Å². The minimum Gasteiger partial charge on any atom is -0.383 e. The van der Waals surface area contributed by atoms with Crippen LogP contribution in [0.2, 0.25) is 5.02 Å². The van der Waals surface area contributed by atoms with Gasteiger partial charge in [-0.3, -0.25) is 9.48 Å². The fraction of sp³-hybridized carbons (Fsp3) is 0.692. The molecule has 6 nitrogen and oxygen atoms in total. The van der Waals surface area contributed by atoms with Crippen molar-refractivity contribution < 1.29 is 9.53 Å². The lowest BCUT2D eigenvalue weighted by molar-refractivity contribution is -0.121. The van der Waals surface area contributed by atoms with Crippen molar-refractivity contribution in [3.05, 3.63) is 16.4 Å². The molecule has 0 atom stereocenters. The molecule has 1 amide bonds. The fourth-order valence-corrected chi connectivity index (χ4v) is 2.16. The minimum atomic E-state index is 0.0138. The monoisotopic (exact) mass is 302 g/mol. The molecule has 0 spiro atoms. The van der Waals surface area contributed by atoms with Gasteiger partial charge < -0.3 is 15.4 Å². The second-order valence-corrected chi connectivity index (χ2v) is 4.83. The van der Waals surface area contributed by atoms with Crippen LogP contribution in [-0.4, -0.2) is 42.5 Å². The van der Waals surface area contributed by atoms with Gasteiger partial charge in [-0.15, -0.1) is 0 Å². The highest BCUT2D eigenvalue weighted by atomic mass is 35.5. The first-order valence-electron chi connectivity index (χ1n) is 6.76. The first-order chi connectivity index (χ1) is 9.60. The number of hydrogen-bond acceptors (Lipinski definition) is 4. The van der Waals surface area contributed by atoms with E-state index < -0.39 is 0 Å². The lowest BCUT2D eigenvalue weighted by atomic mass is 10.3. The highest BCUT2D eigenvalue weighted by Crippen LogP contribution is 2.20. The van der Waals surface area contributed by atoms with Gasteiger partial charge in [-0.1, -0.05) is 18.5 Å². The summed E-state index contributed by atoms with van der Waals surface area (Å²) in [6.45, 7) is 4.30. The van der Waals surface area contributed by atoms with Crippen LogP contribution in [0.25, 0.3) is 0 Å². The summed E-state index contributed by atoms with van der Waals surface area (Å²) in [5, 5.41) is 11.0. The highest BCUT2D eigenvalue weighted by molar-refractivity contribution is 6.31. The van der Waals surface area contributed by atoms with E-state index in [0.29, 0.717) is 37.7 Å². The van der Waals surface area contributed by atoms with E-state index in [1.165, 1.54) is 0 Å². The Bertz CT molecular complexity index is 434. The first-order valence-corrected chi connectivity index (χ1v) is 7.14. The van der Waals surface area contributed by atoms with Gasteiger partial charge in [-0.05, 0) is 6.42 Å². The smallest absolute Gasteiger partial charge is 0.221 e. The Hall–Kier alpha value is -1.11. The largest absolute Gasteiger partial charge is 0.383 e. The molecular formula is C13H23ClN4O2. The summed E-state index contributed by atoms with van der Waals surface area (Å²) in [4.78, 5) is 11.5. The van der Waals surface area contributed by atoms with Crippen LogP contribution >= 0.6 is 11.6 Å². The molecule has 114 valence electrons. The van der Waals surface area contributed by atoms with Crippen molar-refractivity contribution in [1.82, 2.24) is 20.4 Å². The van der Waals surface area contributed by atoms with Crippen molar-refractivity contribution in [2.45, 2.75) is 26.3 Å². The van der Waals surface area contributed by atoms with E-state index in [2.05, 4.69) is 15.7 Å². The van der Waals surface area contributed by atoms with Crippen LogP contribution in [0.1, 0.15) is 24.7 Å². The predicted molar refractivity (Wildman–Crippen MR) is 78.8 cm³/mol. The van der Waals surface area contributed by atoms with Gasteiger partial charge in [-0.2, -0.15) is 5.10 Å². The van der Waals surface area contributed by atoms with Gasteiger partial charge in [0.25, 0.3) is 0 Å². The number of carbonyl (C=O) groups is 1. The number of amides is 1. The SMILES string of the molecule is CCc1nn(C)c(CNCCC(=O)NCCOC)c1Cl. The summed E-state index contributed by atoms with van der Waals surface area (Å²) < 4.78 is 6.64. The van der Waals surface area contributed by atoms with Crippen molar-refractivity contribution in [2.75, 3.05) is 26.8 Å². The predicted octanol–water partition coefficient (Wildman–Crippen LogP) is 0.878. The number of hydrogen-bond donors (Lipinski definition) is 2. The third kappa shape index (κ3) is 5.11. The number of carbonyl (C=O) groups excluding carboxylic acids is 1. The lowest BCUT2D eigenvalue weighted by Gasteiger charge is -2.07. The standard InChI is InChI=1S/C13H23ClN4O2/c1-4-10-13(14)11(18(2)17-10)9-15-6-5-12(19)16-7-8-20-3/h15H,4-9H2,1-3H3,(H,16,19). The maximum Gasteiger partial charge on any atom is 0.221 e. The number of halogens is 1. The van der Waals surface area contributed by atoms with Gasteiger partial charge in [-0.25, -0.2) is 0 Å². The zero-order valence-electron chi connectivity index (χ0n) is 12.3. The summed E-state index contributed by atoms with van der Waals surface area (Å²) in [7, 11) is 3.48. The van der Waals surface area contributed by atoms with Crippen LogP contribution in [0, 0.1) is 0 Å². The number of nitrogens with zero attached hydrogens (tertiary/aromatic N) is 2. The first kappa shape index (κ1) is 16.9. The molecule has 1 heterocycles. The van der Waals surface area contributed by atoms with Gasteiger partial charge >= 0.3 is 0 Å². The summed E-state index contributed by atoms with van der Waals surface area (Å²) >= 11 is 6.24. The molecule has 0 aromatic carbocycles. The molecule has 1 rings (SSSR count). The topological polar surface area (TPSA) is 68.2 Å². The Labute approximate surface area is 124 Å². The van der Waals surface area contributed by atoms with Gasteiger partial charge in [0.15, 0.2) is 0 Å². The van der Waals surface area contributed by atoms with Crippen molar-refractivity contribution >= 4 is 17.5 Å². The Morgan fingerprint density at radius 1 is 1.45 bits per heavy atom. The number of aryl methyl sites for hydroxylation is 2. The summed E-state index contributed by atoms with van der Waals surface area (Å²) in [5.41, 5.74) is 1.85. The molecule has 1 aromatic heterocycles. The van der Waals surface area contributed by atoms with Crippen molar-refractivity contribution in [3.63, 3.8) is 0 Å². The van der Waals surface area contributed by atoms with Crippen molar-refractivity contribution in [3.8, 4) is 0 Å². The molecule has 0 aliphatic heterocycles. The van der Waals surface area contributed by atoms with Gasteiger partial charge in [0.2, 0.25) is 5.91 Å². The lowest BCUT2D eigenvalue weighted by Crippen LogP contribution is -2.30. The number of aromatic nitrogens is 2. The van der Waals surface area contributed by atoms with E-state index in [-0.39, 0.29) is 5.91 Å². The average molecular weight is 303 g/mol. The van der Waals surface area contributed by atoms with Crippen LogP contribution in [0.3, 0.4) is 0 Å². The Morgan fingerprint density at radius 2 is 2.20 bits per heavy atom. The van der Waals surface area contributed by atoms with Gasteiger partial charge in [0, 0.05) is 40.2 Å². The van der Waals surface area contributed by atoms with Crippen LogP contribution in [0.5, 0.6) is 0 Å². The number of nitrogens with one attached hydrogen (secondary N) is 2. The Morgan fingerprint density at radius 3 is 2.80 bits per heavy atom. The maximum absolute atomic E-state index is 11.5. The molecule has 2 N–H and O–H groups in total. The second kappa shape index (κ2) is 8.94. The van der Waals surface area contributed by atoms with E-state index in [1.54, 1.807) is 11.8 Å². The van der Waals surface area contributed by atoms with Crippen molar-refractivity contribution in [2.24, 2.45) is 7.05 Å². The number of ether oxygens (including phenoxy) is 1. The third-order valence-corrected chi connectivity index (χ3v) is 3.39.